The number of ether oxygens (including phenoxy) is 1. The zero-order valence-corrected chi connectivity index (χ0v) is 14.6. The summed E-state index contributed by atoms with van der Waals surface area (Å²) in [6.45, 7) is 0.840. The van der Waals surface area contributed by atoms with E-state index in [0.717, 1.165) is 34.5 Å². The first-order valence-corrected chi connectivity index (χ1v) is 9.11. The molecule has 1 saturated carbocycles. The molecule has 2 aliphatic rings. The predicted octanol–water partition coefficient (Wildman–Crippen LogP) is 5.23. The van der Waals surface area contributed by atoms with Gasteiger partial charge in [0.1, 0.15) is 0 Å². The molecule has 1 aliphatic heterocycles. The number of benzene rings is 1. The molecule has 1 heterocycles. The molecule has 2 unspecified atom stereocenters. The highest BCUT2D eigenvalue weighted by Gasteiger charge is 2.40. The zero-order chi connectivity index (χ0) is 14.9. The first kappa shape index (κ1) is 15.8. The Hall–Kier alpha value is -0.0900. The van der Waals surface area contributed by atoms with Crippen LogP contribution in [0.3, 0.4) is 0 Å². The lowest BCUT2D eigenvalue weighted by atomic mass is 9.73. The van der Waals surface area contributed by atoms with Crippen molar-refractivity contribution in [2.24, 2.45) is 11.7 Å². The molecular formula is C17H23BrClNO. The van der Waals surface area contributed by atoms with Gasteiger partial charge in [-0.1, -0.05) is 52.9 Å². The van der Waals surface area contributed by atoms with E-state index >= 15 is 0 Å². The summed E-state index contributed by atoms with van der Waals surface area (Å²) in [4.78, 5) is 0. The molecule has 0 amide bonds. The summed E-state index contributed by atoms with van der Waals surface area (Å²) < 4.78 is 7.18. The van der Waals surface area contributed by atoms with E-state index in [4.69, 9.17) is 22.1 Å². The average Bonchev–Trinajstić information content (AvgIpc) is 2.47. The molecular weight excluding hydrogens is 350 g/mol. The number of rotatable bonds is 2. The molecule has 0 aromatic heterocycles. The fraction of sp³-hybridized carbons (Fsp3) is 0.647. The second kappa shape index (κ2) is 6.57. The van der Waals surface area contributed by atoms with Gasteiger partial charge >= 0.3 is 0 Å². The Morgan fingerprint density at radius 1 is 1.29 bits per heavy atom. The molecule has 1 aromatic carbocycles. The quantitative estimate of drug-likeness (QED) is 0.771. The SMILES string of the molecule is NC(c1ccc(Br)cc1Cl)C1CCOC2(CCCCC2)C1. The van der Waals surface area contributed by atoms with E-state index in [0.29, 0.717) is 5.92 Å². The van der Waals surface area contributed by atoms with Gasteiger partial charge in [0.25, 0.3) is 0 Å². The largest absolute Gasteiger partial charge is 0.375 e. The van der Waals surface area contributed by atoms with Gasteiger partial charge in [-0.2, -0.15) is 0 Å². The van der Waals surface area contributed by atoms with Gasteiger partial charge in [-0.15, -0.1) is 0 Å². The van der Waals surface area contributed by atoms with Crippen molar-refractivity contribution in [3.05, 3.63) is 33.3 Å². The molecule has 1 aliphatic carbocycles. The maximum absolute atomic E-state index is 6.56. The minimum atomic E-state index is 0.00769. The van der Waals surface area contributed by atoms with Crippen molar-refractivity contribution in [3.63, 3.8) is 0 Å². The van der Waals surface area contributed by atoms with E-state index in [1.807, 2.05) is 12.1 Å². The second-order valence-electron chi connectivity index (χ2n) is 6.54. The van der Waals surface area contributed by atoms with E-state index in [1.54, 1.807) is 0 Å². The summed E-state index contributed by atoms with van der Waals surface area (Å²) in [6, 6.07) is 6.02. The standard InChI is InChI=1S/C17H23BrClNO/c18-13-4-5-14(15(19)10-13)16(20)12-6-9-21-17(11-12)7-2-1-3-8-17/h4-5,10,12,16H,1-3,6-9,11,20H2. The summed E-state index contributed by atoms with van der Waals surface area (Å²) in [6.07, 6.45) is 8.45. The van der Waals surface area contributed by atoms with Crippen LogP contribution in [-0.2, 0) is 4.74 Å². The normalized spacial score (nSPS) is 26.7. The third-order valence-corrected chi connectivity index (χ3v) is 5.95. The van der Waals surface area contributed by atoms with Gasteiger partial charge in [0.2, 0.25) is 0 Å². The second-order valence-corrected chi connectivity index (χ2v) is 7.86. The van der Waals surface area contributed by atoms with Crippen LogP contribution in [0.25, 0.3) is 0 Å². The van der Waals surface area contributed by atoms with Gasteiger partial charge in [-0.3, -0.25) is 0 Å². The van der Waals surface area contributed by atoms with Crippen molar-refractivity contribution in [3.8, 4) is 0 Å². The van der Waals surface area contributed by atoms with Crippen LogP contribution in [0.1, 0.15) is 56.6 Å². The van der Waals surface area contributed by atoms with Crippen LogP contribution < -0.4 is 5.73 Å². The minimum Gasteiger partial charge on any atom is -0.375 e. The van der Waals surface area contributed by atoms with Crippen LogP contribution in [0.2, 0.25) is 5.02 Å². The maximum Gasteiger partial charge on any atom is 0.0685 e. The summed E-state index contributed by atoms with van der Waals surface area (Å²) >= 11 is 9.83. The zero-order valence-electron chi connectivity index (χ0n) is 12.3. The first-order chi connectivity index (χ1) is 10.1. The Balaban J connectivity index is 1.76. The molecule has 2 nitrogen and oxygen atoms in total. The van der Waals surface area contributed by atoms with Crippen molar-refractivity contribution in [2.45, 2.75) is 56.6 Å². The van der Waals surface area contributed by atoms with Crippen LogP contribution in [0.4, 0.5) is 0 Å². The van der Waals surface area contributed by atoms with Gasteiger partial charge in [-0.05, 0) is 49.3 Å². The summed E-state index contributed by atoms with van der Waals surface area (Å²) in [5.74, 6) is 0.468. The van der Waals surface area contributed by atoms with Crippen LogP contribution >= 0.6 is 27.5 Å². The monoisotopic (exact) mass is 371 g/mol. The molecule has 1 aromatic rings. The third-order valence-electron chi connectivity index (χ3n) is 5.13. The molecule has 2 N–H and O–H groups in total. The molecule has 3 rings (SSSR count). The molecule has 0 bridgehead atoms. The average molecular weight is 373 g/mol. The topological polar surface area (TPSA) is 35.2 Å². The third kappa shape index (κ3) is 3.47. The first-order valence-electron chi connectivity index (χ1n) is 7.94. The van der Waals surface area contributed by atoms with Crippen LogP contribution in [0.5, 0.6) is 0 Å². The summed E-state index contributed by atoms with van der Waals surface area (Å²) in [5.41, 5.74) is 7.72. The van der Waals surface area contributed by atoms with E-state index in [-0.39, 0.29) is 11.6 Å². The Bertz CT molecular complexity index is 496. The van der Waals surface area contributed by atoms with Crippen molar-refractivity contribution >= 4 is 27.5 Å². The van der Waals surface area contributed by atoms with Crippen LogP contribution in [-0.4, -0.2) is 12.2 Å². The highest BCUT2D eigenvalue weighted by atomic mass is 79.9. The Morgan fingerprint density at radius 2 is 2.05 bits per heavy atom. The predicted molar refractivity (Wildman–Crippen MR) is 90.6 cm³/mol. The summed E-state index contributed by atoms with van der Waals surface area (Å²) in [5, 5.41) is 0.765. The molecule has 2 atom stereocenters. The summed E-state index contributed by atoms with van der Waals surface area (Å²) in [7, 11) is 0. The number of hydrogen-bond donors (Lipinski definition) is 1. The molecule has 2 fully saturated rings. The van der Waals surface area contributed by atoms with E-state index in [2.05, 4.69) is 22.0 Å². The smallest absolute Gasteiger partial charge is 0.0685 e. The lowest BCUT2D eigenvalue weighted by molar-refractivity contribution is -0.120. The van der Waals surface area contributed by atoms with E-state index < -0.39 is 0 Å². The van der Waals surface area contributed by atoms with Gasteiger partial charge < -0.3 is 10.5 Å². The lowest BCUT2D eigenvalue weighted by Crippen LogP contribution is -2.44. The number of nitrogens with two attached hydrogens (primary N) is 1. The Kier molecular flexibility index (Phi) is 4.94. The molecule has 0 radical (unpaired) electrons. The molecule has 1 spiro atoms. The fourth-order valence-corrected chi connectivity index (χ4v) is 4.74. The van der Waals surface area contributed by atoms with Crippen molar-refractivity contribution in [2.75, 3.05) is 6.61 Å². The van der Waals surface area contributed by atoms with Crippen molar-refractivity contribution in [1.82, 2.24) is 0 Å². The minimum absolute atomic E-state index is 0.00769. The fourth-order valence-electron chi connectivity index (χ4n) is 3.94. The van der Waals surface area contributed by atoms with Crippen molar-refractivity contribution < 1.29 is 4.74 Å². The van der Waals surface area contributed by atoms with Gasteiger partial charge in [-0.25, -0.2) is 0 Å². The van der Waals surface area contributed by atoms with Gasteiger partial charge in [0.05, 0.1) is 5.60 Å². The van der Waals surface area contributed by atoms with Crippen LogP contribution in [0, 0.1) is 5.92 Å². The van der Waals surface area contributed by atoms with Gasteiger partial charge in [0, 0.05) is 22.1 Å². The van der Waals surface area contributed by atoms with E-state index in [9.17, 15) is 0 Å². The van der Waals surface area contributed by atoms with Gasteiger partial charge in [0.15, 0.2) is 0 Å². The highest BCUT2D eigenvalue weighted by molar-refractivity contribution is 9.10. The molecule has 4 heteroatoms. The van der Waals surface area contributed by atoms with Crippen LogP contribution in [0.15, 0.2) is 22.7 Å². The maximum atomic E-state index is 6.56. The number of hydrogen-bond acceptors (Lipinski definition) is 2. The molecule has 116 valence electrons. The molecule has 1 saturated heterocycles. The molecule has 21 heavy (non-hydrogen) atoms. The lowest BCUT2D eigenvalue weighted by Gasteiger charge is -2.45. The highest BCUT2D eigenvalue weighted by Crippen LogP contribution is 2.44. The van der Waals surface area contributed by atoms with Crippen molar-refractivity contribution in [1.29, 1.82) is 0 Å². The van der Waals surface area contributed by atoms with E-state index in [1.165, 1.54) is 32.1 Å². The number of halogens is 2. The Morgan fingerprint density at radius 3 is 2.76 bits per heavy atom. The Labute approximate surface area is 140 Å².